The fourth-order valence-corrected chi connectivity index (χ4v) is 6.61. The van der Waals surface area contributed by atoms with Gasteiger partial charge < -0.3 is 14.0 Å². The van der Waals surface area contributed by atoms with E-state index in [0.29, 0.717) is 12.8 Å². The number of rotatable bonds is 33. The largest absolute Gasteiger partial charge is 1.00 e. The predicted octanol–water partition coefficient (Wildman–Crippen LogP) is 9.20. The molecule has 0 saturated carbocycles. The number of benzene rings is 1. The number of ether oxygens (including phenoxy) is 2. The van der Waals surface area contributed by atoms with E-state index in [2.05, 4.69) is 38.2 Å². The molecule has 0 aliphatic carbocycles. The first-order valence-corrected chi connectivity index (χ1v) is 21.5. The average Bonchev–Trinajstić information content (AvgIpc) is 3.10. The smallest absolute Gasteiger partial charge is 0.744 e. The zero-order valence-corrected chi connectivity index (χ0v) is 35.4. The van der Waals surface area contributed by atoms with Gasteiger partial charge in [-0.3, -0.25) is 0 Å². The number of carbonyl (C=O) groups is 2. The van der Waals surface area contributed by atoms with Crippen LogP contribution in [0.1, 0.15) is 202 Å². The molecule has 0 spiro atoms. The van der Waals surface area contributed by atoms with Crippen molar-refractivity contribution in [2.45, 2.75) is 186 Å². The third kappa shape index (κ3) is 26.9. The van der Waals surface area contributed by atoms with Crippen molar-refractivity contribution in [3.05, 3.63) is 53.6 Å². The number of carbonyl (C=O) groups excluding carboxylic acids is 2. The Kier molecular flexibility index (Phi) is 33.4. The summed E-state index contributed by atoms with van der Waals surface area (Å²) in [6, 6.07) is 3.61. The molecule has 0 fully saturated rings. The van der Waals surface area contributed by atoms with Crippen LogP contribution < -0.4 is 29.6 Å². The van der Waals surface area contributed by atoms with E-state index in [9.17, 15) is 22.6 Å². The van der Waals surface area contributed by atoms with E-state index in [0.717, 1.165) is 44.6 Å². The van der Waals surface area contributed by atoms with Gasteiger partial charge in [0.1, 0.15) is 10.1 Å². The van der Waals surface area contributed by atoms with Gasteiger partial charge in [-0.05, 0) is 63.5 Å². The number of esters is 2. The van der Waals surface area contributed by atoms with Crippen LogP contribution in [0.15, 0.2) is 47.4 Å². The summed E-state index contributed by atoms with van der Waals surface area (Å²) in [5.74, 6) is -1.82. The summed E-state index contributed by atoms with van der Waals surface area (Å²) in [6.07, 6.45) is 38.9. The Morgan fingerprint density at radius 3 is 1.29 bits per heavy atom. The molecule has 0 amide bonds. The third-order valence-electron chi connectivity index (χ3n) is 9.00. The standard InChI is InChI=1S/C42H70O7S.Na/c1-3-5-7-9-11-13-15-17-19-21-23-25-27-29-31-36-48-41(43)38-34-33-35-39(50(45,46)47)40(38)42(44)49-37-32-30-28-26-24-22-20-18-16-14-12-10-8-6-4-2;/h9-12,33-35H,3-8,13-32,36-37H2,1-2H3,(H,45,46,47);/q;+1/p-1/b11-9+,12-10+;. The van der Waals surface area contributed by atoms with Gasteiger partial charge in [-0.1, -0.05) is 160 Å². The van der Waals surface area contributed by atoms with Crippen molar-refractivity contribution in [2.75, 3.05) is 13.2 Å². The predicted molar refractivity (Wildman–Crippen MR) is 205 cm³/mol. The van der Waals surface area contributed by atoms with Crippen molar-refractivity contribution in [1.82, 2.24) is 0 Å². The number of unbranched alkanes of at least 4 members (excludes halogenated alkanes) is 22. The van der Waals surface area contributed by atoms with Crippen molar-refractivity contribution in [2.24, 2.45) is 0 Å². The summed E-state index contributed by atoms with van der Waals surface area (Å²) >= 11 is 0. The number of allylic oxidation sites excluding steroid dienone is 4. The fraction of sp³-hybridized carbons (Fsp3) is 0.714. The average molecular weight is 741 g/mol. The first-order chi connectivity index (χ1) is 24.3. The van der Waals surface area contributed by atoms with Gasteiger partial charge in [-0.15, -0.1) is 0 Å². The summed E-state index contributed by atoms with van der Waals surface area (Å²) in [6.45, 7) is 4.68. The quantitative estimate of drug-likeness (QED) is 0.0232. The van der Waals surface area contributed by atoms with E-state index in [1.165, 1.54) is 128 Å². The van der Waals surface area contributed by atoms with E-state index >= 15 is 0 Å². The van der Waals surface area contributed by atoms with Crippen LogP contribution in [-0.2, 0) is 19.6 Å². The molecule has 7 nitrogen and oxygen atoms in total. The minimum Gasteiger partial charge on any atom is -0.744 e. The summed E-state index contributed by atoms with van der Waals surface area (Å²) in [5, 5.41) is 0. The molecule has 1 aromatic rings. The molecule has 9 heteroatoms. The molecule has 0 atom stereocenters. The second-order valence-electron chi connectivity index (χ2n) is 13.6. The normalized spacial score (nSPS) is 11.7. The van der Waals surface area contributed by atoms with E-state index in [-0.39, 0.29) is 48.3 Å². The summed E-state index contributed by atoms with van der Waals surface area (Å²) in [5.41, 5.74) is -0.785. The van der Waals surface area contributed by atoms with Crippen molar-refractivity contribution >= 4 is 22.1 Å². The van der Waals surface area contributed by atoms with Crippen molar-refractivity contribution in [1.29, 1.82) is 0 Å². The second-order valence-corrected chi connectivity index (χ2v) is 14.9. The molecular formula is C42H69NaO7S. The Balaban J connectivity index is 0.0000250. The SMILES string of the molecule is CCCC/C=C/CCCCCCCCCCCOC(=O)c1cccc(S(=O)(=O)[O-])c1C(=O)OCCCCCCCCCCC/C=C/CCCC.[Na+]. The van der Waals surface area contributed by atoms with Crippen LogP contribution >= 0.6 is 0 Å². The van der Waals surface area contributed by atoms with E-state index in [4.69, 9.17) is 9.47 Å². The van der Waals surface area contributed by atoms with Crippen LogP contribution in [0.5, 0.6) is 0 Å². The van der Waals surface area contributed by atoms with Gasteiger partial charge >= 0.3 is 41.5 Å². The molecule has 0 saturated heterocycles. The molecule has 1 aromatic carbocycles. The monoisotopic (exact) mass is 740 g/mol. The van der Waals surface area contributed by atoms with E-state index in [1.807, 2.05) is 0 Å². The van der Waals surface area contributed by atoms with E-state index in [1.54, 1.807) is 0 Å². The van der Waals surface area contributed by atoms with Gasteiger partial charge in [0.2, 0.25) is 0 Å². The van der Waals surface area contributed by atoms with Gasteiger partial charge in [0.25, 0.3) is 0 Å². The fourth-order valence-electron chi connectivity index (χ4n) is 5.92. The summed E-state index contributed by atoms with van der Waals surface area (Å²) in [7, 11) is -5.01. The Hall–Kier alpha value is -1.45. The molecule has 0 heterocycles. The van der Waals surface area contributed by atoms with Crippen molar-refractivity contribution in [3.63, 3.8) is 0 Å². The molecule has 51 heavy (non-hydrogen) atoms. The van der Waals surface area contributed by atoms with Crippen LogP contribution in [-0.4, -0.2) is 38.1 Å². The van der Waals surface area contributed by atoms with Crippen LogP contribution in [0.3, 0.4) is 0 Å². The van der Waals surface area contributed by atoms with Crippen LogP contribution in [0, 0.1) is 0 Å². The molecule has 1 rings (SSSR count). The molecule has 0 unspecified atom stereocenters. The van der Waals surface area contributed by atoms with Gasteiger partial charge in [-0.25, -0.2) is 18.0 Å². The molecule has 0 bridgehead atoms. The Morgan fingerprint density at radius 2 is 0.902 bits per heavy atom. The first-order valence-electron chi connectivity index (χ1n) is 20.1. The van der Waals surface area contributed by atoms with Crippen molar-refractivity contribution in [3.8, 4) is 0 Å². The zero-order valence-electron chi connectivity index (χ0n) is 32.6. The molecule has 0 radical (unpaired) electrons. The molecule has 0 aliphatic heterocycles. The minimum atomic E-state index is -5.01. The van der Waals surface area contributed by atoms with Gasteiger partial charge in [0.05, 0.1) is 29.2 Å². The molecule has 0 aromatic heterocycles. The van der Waals surface area contributed by atoms with Crippen LogP contribution in [0.4, 0.5) is 0 Å². The van der Waals surface area contributed by atoms with E-state index < -0.39 is 32.5 Å². The first kappa shape index (κ1) is 49.6. The Labute approximate surface area is 334 Å². The number of hydrogen-bond donors (Lipinski definition) is 0. The maximum atomic E-state index is 13.0. The maximum Gasteiger partial charge on any atom is 1.00 e. The second kappa shape index (κ2) is 34.3. The van der Waals surface area contributed by atoms with Crippen LogP contribution in [0.25, 0.3) is 0 Å². The minimum absolute atomic E-state index is 0. The summed E-state index contributed by atoms with van der Waals surface area (Å²) < 4.78 is 46.6. The zero-order chi connectivity index (χ0) is 36.5. The van der Waals surface area contributed by atoms with Crippen molar-refractivity contribution < 1.29 is 61.6 Å². The Morgan fingerprint density at radius 1 is 0.549 bits per heavy atom. The van der Waals surface area contributed by atoms with Gasteiger partial charge in [-0.2, -0.15) is 0 Å². The molecule has 286 valence electrons. The Bertz CT molecular complexity index is 1180. The van der Waals surface area contributed by atoms with Gasteiger partial charge in [0.15, 0.2) is 0 Å². The molecule has 0 aliphatic rings. The van der Waals surface area contributed by atoms with Gasteiger partial charge in [0, 0.05) is 0 Å². The summed E-state index contributed by atoms with van der Waals surface area (Å²) in [4.78, 5) is 25.1. The number of hydrogen-bond acceptors (Lipinski definition) is 7. The van der Waals surface area contributed by atoms with Crippen LogP contribution in [0.2, 0.25) is 0 Å². The topological polar surface area (TPSA) is 110 Å². The third-order valence-corrected chi connectivity index (χ3v) is 9.88. The molecule has 0 N–H and O–H groups in total. The maximum absolute atomic E-state index is 13.0. The molecular weight excluding hydrogens is 672 g/mol.